The van der Waals surface area contributed by atoms with Crippen LogP contribution in [0.5, 0.6) is 0 Å². The second-order valence-corrected chi connectivity index (χ2v) is 4.41. The zero-order valence-corrected chi connectivity index (χ0v) is 11.3. The van der Waals surface area contributed by atoms with Crippen LogP contribution < -0.4 is 10.6 Å². The van der Waals surface area contributed by atoms with Crippen molar-refractivity contribution in [3.63, 3.8) is 0 Å². The van der Waals surface area contributed by atoms with Crippen molar-refractivity contribution < 1.29 is 24.6 Å². The van der Waals surface area contributed by atoms with Gasteiger partial charge in [0.1, 0.15) is 6.04 Å². The van der Waals surface area contributed by atoms with Gasteiger partial charge in [0, 0.05) is 10.7 Å². The quantitative estimate of drug-likeness (QED) is 0.660. The minimum atomic E-state index is -1.51. The normalized spacial score (nSPS) is 11.5. The summed E-state index contributed by atoms with van der Waals surface area (Å²) in [4.78, 5) is 33.0. The smallest absolute Gasteiger partial charge is 0.326 e. The molecule has 0 aliphatic rings. The van der Waals surface area contributed by atoms with E-state index >= 15 is 0 Å². The molecule has 0 aliphatic carbocycles. The molecule has 0 saturated heterocycles. The average Bonchev–Trinajstić information content (AvgIpc) is 2.33. The number of halogens is 1. The number of anilines is 1. The summed E-state index contributed by atoms with van der Waals surface area (Å²) < 4.78 is 0. The fraction of sp³-hybridized carbons (Fsp3) is 0.250. The number of carboxylic acid groups (broad SMARTS) is 2. The molecule has 1 atom stereocenters. The van der Waals surface area contributed by atoms with E-state index in [1.807, 2.05) is 0 Å². The summed E-state index contributed by atoms with van der Waals surface area (Å²) in [5, 5.41) is 22.3. The first kappa shape index (κ1) is 15.8. The van der Waals surface area contributed by atoms with E-state index in [1.165, 1.54) is 0 Å². The highest BCUT2D eigenvalue weighted by molar-refractivity contribution is 6.31. The summed E-state index contributed by atoms with van der Waals surface area (Å²) in [7, 11) is 0. The Morgan fingerprint density at radius 1 is 1.30 bits per heavy atom. The lowest BCUT2D eigenvalue weighted by Crippen LogP contribution is -2.44. The van der Waals surface area contributed by atoms with Crippen molar-refractivity contribution in [3.8, 4) is 0 Å². The van der Waals surface area contributed by atoms with E-state index in [2.05, 4.69) is 10.6 Å². The van der Waals surface area contributed by atoms with Gasteiger partial charge < -0.3 is 20.8 Å². The van der Waals surface area contributed by atoms with E-state index in [9.17, 15) is 14.4 Å². The van der Waals surface area contributed by atoms with E-state index in [0.29, 0.717) is 16.3 Å². The predicted octanol–water partition coefficient (Wildman–Crippen LogP) is 1.70. The van der Waals surface area contributed by atoms with Crippen LogP contribution in [0.1, 0.15) is 12.0 Å². The van der Waals surface area contributed by atoms with E-state index in [-0.39, 0.29) is 0 Å². The molecule has 8 heteroatoms. The number of urea groups is 1. The van der Waals surface area contributed by atoms with Gasteiger partial charge in [-0.25, -0.2) is 9.59 Å². The molecule has 0 heterocycles. The molecular weight excluding hydrogens is 288 g/mol. The molecule has 20 heavy (non-hydrogen) atoms. The van der Waals surface area contributed by atoms with Crippen LogP contribution in [0.3, 0.4) is 0 Å². The molecule has 0 unspecified atom stereocenters. The standard InChI is InChI=1S/C12H13ClN2O5/c1-6-7(13)3-2-4-8(6)14-12(20)15-9(11(18)19)5-10(16)17/h2-4,9H,5H2,1H3,(H,16,17)(H,18,19)(H2,14,15,20)/t9-/m1/s1. The largest absolute Gasteiger partial charge is 0.481 e. The molecule has 1 aromatic rings. The SMILES string of the molecule is Cc1c(Cl)cccc1NC(=O)N[C@H](CC(=O)O)C(=O)O. The third kappa shape index (κ3) is 4.43. The maximum Gasteiger partial charge on any atom is 0.326 e. The number of aliphatic carboxylic acids is 2. The van der Waals surface area contributed by atoms with Gasteiger partial charge in [0.2, 0.25) is 0 Å². The number of rotatable bonds is 5. The summed E-state index contributed by atoms with van der Waals surface area (Å²) in [6, 6.07) is 2.53. The molecular formula is C12H13ClN2O5. The maximum absolute atomic E-state index is 11.7. The molecule has 0 fully saturated rings. The third-order valence-corrected chi connectivity index (χ3v) is 2.91. The van der Waals surface area contributed by atoms with Crippen molar-refractivity contribution in [1.82, 2.24) is 5.32 Å². The van der Waals surface area contributed by atoms with Crippen LogP contribution in [0.4, 0.5) is 10.5 Å². The zero-order chi connectivity index (χ0) is 15.3. The van der Waals surface area contributed by atoms with Gasteiger partial charge in [-0.15, -0.1) is 0 Å². The van der Waals surface area contributed by atoms with Crippen LogP contribution in [0.2, 0.25) is 5.02 Å². The Morgan fingerprint density at radius 2 is 1.95 bits per heavy atom. The van der Waals surface area contributed by atoms with Crippen LogP contribution in [-0.4, -0.2) is 34.2 Å². The molecule has 7 nitrogen and oxygen atoms in total. The molecule has 0 bridgehead atoms. The Balaban J connectivity index is 2.73. The second-order valence-electron chi connectivity index (χ2n) is 4.00. The summed E-state index contributed by atoms with van der Waals surface area (Å²) in [5.41, 5.74) is 1.03. The van der Waals surface area contributed by atoms with Crippen LogP contribution in [0, 0.1) is 6.92 Å². The number of carbonyl (C=O) groups excluding carboxylic acids is 1. The summed E-state index contributed by atoms with van der Waals surface area (Å²) >= 11 is 5.88. The molecule has 1 rings (SSSR count). The average molecular weight is 301 g/mol. The molecule has 4 N–H and O–H groups in total. The Morgan fingerprint density at radius 3 is 2.50 bits per heavy atom. The van der Waals surface area contributed by atoms with E-state index < -0.39 is 30.4 Å². The lowest BCUT2D eigenvalue weighted by atomic mass is 10.2. The van der Waals surface area contributed by atoms with Gasteiger partial charge in [-0.3, -0.25) is 4.79 Å². The summed E-state index contributed by atoms with van der Waals surface area (Å²) in [6.45, 7) is 1.68. The summed E-state index contributed by atoms with van der Waals surface area (Å²) in [6.07, 6.45) is -0.711. The van der Waals surface area contributed by atoms with Crippen LogP contribution in [0.15, 0.2) is 18.2 Å². The molecule has 0 aliphatic heterocycles. The predicted molar refractivity (Wildman–Crippen MR) is 72.0 cm³/mol. The van der Waals surface area contributed by atoms with Gasteiger partial charge in [0.25, 0.3) is 0 Å². The molecule has 0 saturated carbocycles. The highest BCUT2D eigenvalue weighted by atomic mass is 35.5. The highest BCUT2D eigenvalue weighted by Crippen LogP contribution is 2.22. The van der Waals surface area contributed by atoms with Gasteiger partial charge in [-0.1, -0.05) is 17.7 Å². The first-order valence-corrected chi connectivity index (χ1v) is 5.96. The number of benzene rings is 1. The zero-order valence-electron chi connectivity index (χ0n) is 10.5. The lowest BCUT2D eigenvalue weighted by molar-refractivity contribution is -0.145. The third-order valence-electron chi connectivity index (χ3n) is 2.50. The number of hydrogen-bond donors (Lipinski definition) is 4. The monoisotopic (exact) mass is 300 g/mol. The molecule has 0 aromatic heterocycles. The van der Waals surface area contributed by atoms with Crippen LogP contribution in [-0.2, 0) is 9.59 Å². The van der Waals surface area contributed by atoms with Gasteiger partial charge in [-0.2, -0.15) is 0 Å². The Bertz CT molecular complexity index is 547. The summed E-state index contributed by atoms with van der Waals surface area (Å²) in [5.74, 6) is -2.75. The van der Waals surface area contributed by atoms with Crippen molar-refractivity contribution in [1.29, 1.82) is 0 Å². The van der Waals surface area contributed by atoms with Crippen molar-refractivity contribution in [3.05, 3.63) is 28.8 Å². The van der Waals surface area contributed by atoms with Crippen molar-refractivity contribution >= 4 is 35.3 Å². The van der Waals surface area contributed by atoms with Gasteiger partial charge in [0.05, 0.1) is 6.42 Å². The van der Waals surface area contributed by atoms with E-state index in [1.54, 1.807) is 25.1 Å². The molecule has 108 valence electrons. The van der Waals surface area contributed by atoms with Gasteiger partial charge in [-0.05, 0) is 24.6 Å². The Labute approximate surface area is 119 Å². The van der Waals surface area contributed by atoms with Gasteiger partial charge in [0.15, 0.2) is 0 Å². The first-order chi connectivity index (χ1) is 9.31. The van der Waals surface area contributed by atoms with Gasteiger partial charge >= 0.3 is 18.0 Å². The Hall–Kier alpha value is -2.28. The topological polar surface area (TPSA) is 116 Å². The molecule has 1 aromatic carbocycles. The minimum absolute atomic E-state index is 0.412. The van der Waals surface area contributed by atoms with Crippen LogP contribution in [0.25, 0.3) is 0 Å². The van der Waals surface area contributed by atoms with Crippen molar-refractivity contribution in [2.24, 2.45) is 0 Å². The second kappa shape index (κ2) is 6.76. The minimum Gasteiger partial charge on any atom is -0.481 e. The number of carboxylic acids is 2. The number of nitrogens with one attached hydrogen (secondary N) is 2. The number of hydrogen-bond acceptors (Lipinski definition) is 3. The maximum atomic E-state index is 11.7. The van der Waals surface area contributed by atoms with Crippen molar-refractivity contribution in [2.75, 3.05) is 5.32 Å². The number of amides is 2. The molecule has 0 radical (unpaired) electrons. The molecule has 0 spiro atoms. The first-order valence-electron chi connectivity index (χ1n) is 5.58. The Kier molecular flexibility index (Phi) is 5.33. The highest BCUT2D eigenvalue weighted by Gasteiger charge is 2.23. The molecule has 2 amide bonds. The lowest BCUT2D eigenvalue weighted by Gasteiger charge is -2.14. The van der Waals surface area contributed by atoms with E-state index in [4.69, 9.17) is 21.8 Å². The number of carbonyl (C=O) groups is 3. The fourth-order valence-corrected chi connectivity index (χ4v) is 1.61. The fourth-order valence-electron chi connectivity index (χ4n) is 1.43. The van der Waals surface area contributed by atoms with Crippen LogP contribution >= 0.6 is 11.6 Å². The van der Waals surface area contributed by atoms with Crippen molar-refractivity contribution in [2.45, 2.75) is 19.4 Å². The van der Waals surface area contributed by atoms with E-state index in [0.717, 1.165) is 0 Å².